The lowest BCUT2D eigenvalue weighted by Gasteiger charge is -2.27. The van der Waals surface area contributed by atoms with Crippen LogP contribution in [0, 0.1) is 0 Å². The maximum absolute atomic E-state index is 5.53. The zero-order valence-electron chi connectivity index (χ0n) is 9.95. The third-order valence-electron chi connectivity index (χ3n) is 3.08. The van der Waals surface area contributed by atoms with Crippen molar-refractivity contribution in [3.05, 3.63) is 0 Å². The molecule has 0 aliphatic carbocycles. The Bertz CT molecular complexity index is 205. The molecule has 1 fully saturated rings. The van der Waals surface area contributed by atoms with Crippen LogP contribution in [0.2, 0.25) is 0 Å². The van der Waals surface area contributed by atoms with E-state index >= 15 is 0 Å². The Balaban J connectivity index is 2.22. The molecular formula is C11H22N2OS. The summed E-state index contributed by atoms with van der Waals surface area (Å²) in [5.41, 5.74) is 0. The van der Waals surface area contributed by atoms with Crippen LogP contribution in [0.3, 0.4) is 0 Å². The summed E-state index contributed by atoms with van der Waals surface area (Å²) in [6.07, 6.45) is 3.80. The lowest BCUT2D eigenvalue weighted by Crippen LogP contribution is -2.44. The standard InChI is InChI=1S/C11H22N2OS/c1-4-9(2)13(3)11(15)12-8-10-6-5-7-14-10/h9-10H,4-8H2,1-3H3,(H,12,15)/t9-,10-/m1/s1. The Morgan fingerprint density at radius 2 is 2.40 bits per heavy atom. The molecule has 0 saturated carbocycles. The molecule has 0 aromatic heterocycles. The number of hydrogen-bond acceptors (Lipinski definition) is 2. The molecular weight excluding hydrogens is 208 g/mol. The number of ether oxygens (including phenoxy) is 1. The van der Waals surface area contributed by atoms with Gasteiger partial charge in [0.05, 0.1) is 6.10 Å². The van der Waals surface area contributed by atoms with E-state index in [1.807, 2.05) is 7.05 Å². The van der Waals surface area contributed by atoms with Gasteiger partial charge in [0.1, 0.15) is 0 Å². The average Bonchev–Trinajstić information content (AvgIpc) is 2.76. The molecule has 0 bridgehead atoms. The molecule has 0 spiro atoms. The van der Waals surface area contributed by atoms with Crippen molar-refractivity contribution in [1.82, 2.24) is 10.2 Å². The number of hydrogen-bond donors (Lipinski definition) is 1. The summed E-state index contributed by atoms with van der Waals surface area (Å²) in [6.45, 7) is 6.10. The monoisotopic (exact) mass is 230 g/mol. The lowest BCUT2D eigenvalue weighted by atomic mass is 10.2. The molecule has 0 aromatic rings. The van der Waals surface area contributed by atoms with Crippen LogP contribution in [0.1, 0.15) is 33.1 Å². The summed E-state index contributed by atoms with van der Waals surface area (Å²) < 4.78 is 5.53. The molecule has 4 heteroatoms. The van der Waals surface area contributed by atoms with Crippen molar-refractivity contribution in [3.63, 3.8) is 0 Å². The molecule has 0 amide bonds. The molecule has 1 aliphatic rings. The largest absolute Gasteiger partial charge is 0.376 e. The van der Waals surface area contributed by atoms with Gasteiger partial charge in [0.15, 0.2) is 5.11 Å². The Kier molecular flexibility index (Phi) is 5.32. The summed E-state index contributed by atoms with van der Waals surface area (Å²) >= 11 is 5.31. The first-order valence-corrected chi connectivity index (χ1v) is 6.18. The third kappa shape index (κ3) is 3.95. The Morgan fingerprint density at radius 3 is 2.93 bits per heavy atom. The summed E-state index contributed by atoms with van der Waals surface area (Å²) in [6, 6.07) is 0.495. The first-order chi connectivity index (χ1) is 7.15. The van der Waals surface area contributed by atoms with Crippen molar-refractivity contribution in [2.45, 2.75) is 45.3 Å². The lowest BCUT2D eigenvalue weighted by molar-refractivity contribution is 0.113. The third-order valence-corrected chi connectivity index (χ3v) is 3.51. The maximum atomic E-state index is 5.53. The molecule has 1 heterocycles. The fraction of sp³-hybridized carbons (Fsp3) is 0.909. The topological polar surface area (TPSA) is 24.5 Å². The van der Waals surface area contributed by atoms with E-state index in [1.54, 1.807) is 0 Å². The van der Waals surface area contributed by atoms with E-state index in [4.69, 9.17) is 17.0 Å². The van der Waals surface area contributed by atoms with E-state index < -0.39 is 0 Å². The van der Waals surface area contributed by atoms with Crippen LogP contribution in [0.5, 0.6) is 0 Å². The predicted molar refractivity (Wildman–Crippen MR) is 67.1 cm³/mol. The number of thiocarbonyl (C=S) groups is 1. The van der Waals surface area contributed by atoms with Gasteiger partial charge in [-0.15, -0.1) is 0 Å². The molecule has 1 rings (SSSR count). The van der Waals surface area contributed by atoms with Crippen LogP contribution in [-0.4, -0.2) is 42.4 Å². The second-order valence-corrected chi connectivity index (χ2v) is 4.58. The zero-order valence-corrected chi connectivity index (χ0v) is 10.8. The van der Waals surface area contributed by atoms with Crippen LogP contribution in [0.25, 0.3) is 0 Å². The van der Waals surface area contributed by atoms with Gasteiger partial charge in [0.25, 0.3) is 0 Å². The number of rotatable bonds is 4. The first kappa shape index (κ1) is 12.7. The van der Waals surface area contributed by atoms with Crippen molar-refractivity contribution in [2.75, 3.05) is 20.2 Å². The number of nitrogens with zero attached hydrogens (tertiary/aromatic N) is 1. The van der Waals surface area contributed by atoms with Crippen LogP contribution < -0.4 is 5.32 Å². The minimum absolute atomic E-state index is 0.355. The van der Waals surface area contributed by atoms with Gasteiger partial charge in [-0.2, -0.15) is 0 Å². The predicted octanol–water partition coefficient (Wildman–Crippen LogP) is 1.77. The highest BCUT2D eigenvalue weighted by Crippen LogP contribution is 2.10. The molecule has 2 atom stereocenters. The normalized spacial score (nSPS) is 22.5. The smallest absolute Gasteiger partial charge is 0.169 e. The molecule has 1 saturated heterocycles. The van der Waals surface area contributed by atoms with E-state index in [1.165, 1.54) is 6.42 Å². The highest BCUT2D eigenvalue weighted by Gasteiger charge is 2.17. The van der Waals surface area contributed by atoms with Crippen LogP contribution in [-0.2, 0) is 4.74 Å². The van der Waals surface area contributed by atoms with Crippen LogP contribution in [0.15, 0.2) is 0 Å². The van der Waals surface area contributed by atoms with Crippen molar-refractivity contribution in [1.29, 1.82) is 0 Å². The van der Waals surface area contributed by atoms with E-state index in [-0.39, 0.29) is 0 Å². The summed E-state index contributed by atoms with van der Waals surface area (Å²) in [4.78, 5) is 2.12. The minimum Gasteiger partial charge on any atom is -0.376 e. The van der Waals surface area contributed by atoms with Gasteiger partial charge in [-0.3, -0.25) is 0 Å². The van der Waals surface area contributed by atoms with Crippen LogP contribution in [0.4, 0.5) is 0 Å². The maximum Gasteiger partial charge on any atom is 0.169 e. The average molecular weight is 230 g/mol. The fourth-order valence-corrected chi connectivity index (χ4v) is 1.87. The second-order valence-electron chi connectivity index (χ2n) is 4.19. The van der Waals surface area contributed by atoms with E-state index in [2.05, 4.69) is 24.1 Å². The Labute approximate surface area is 98.2 Å². The quantitative estimate of drug-likeness (QED) is 0.744. The van der Waals surface area contributed by atoms with Gasteiger partial charge in [-0.25, -0.2) is 0 Å². The summed E-state index contributed by atoms with van der Waals surface area (Å²) in [7, 11) is 2.04. The van der Waals surface area contributed by atoms with E-state index in [9.17, 15) is 0 Å². The molecule has 0 unspecified atom stereocenters. The first-order valence-electron chi connectivity index (χ1n) is 5.77. The van der Waals surface area contributed by atoms with Crippen LogP contribution >= 0.6 is 12.2 Å². The van der Waals surface area contributed by atoms with Crippen molar-refractivity contribution in [2.24, 2.45) is 0 Å². The fourth-order valence-electron chi connectivity index (χ4n) is 1.61. The zero-order chi connectivity index (χ0) is 11.3. The molecule has 0 aromatic carbocycles. The van der Waals surface area contributed by atoms with Gasteiger partial charge < -0.3 is 15.0 Å². The highest BCUT2D eigenvalue weighted by atomic mass is 32.1. The number of nitrogens with one attached hydrogen (secondary N) is 1. The van der Waals surface area contributed by atoms with E-state index in [0.717, 1.165) is 31.1 Å². The summed E-state index contributed by atoms with van der Waals surface area (Å²) in [5.74, 6) is 0. The van der Waals surface area contributed by atoms with Gasteiger partial charge in [0.2, 0.25) is 0 Å². The Morgan fingerprint density at radius 1 is 1.67 bits per heavy atom. The SMILES string of the molecule is CC[C@@H](C)N(C)C(=S)NC[C@H]1CCCO1. The Hall–Kier alpha value is -0.350. The molecule has 1 N–H and O–H groups in total. The van der Waals surface area contributed by atoms with Gasteiger partial charge in [-0.1, -0.05) is 6.92 Å². The molecule has 0 radical (unpaired) electrons. The second kappa shape index (κ2) is 6.28. The highest BCUT2D eigenvalue weighted by molar-refractivity contribution is 7.80. The van der Waals surface area contributed by atoms with Gasteiger partial charge >= 0.3 is 0 Å². The van der Waals surface area contributed by atoms with Gasteiger partial charge in [-0.05, 0) is 38.4 Å². The molecule has 3 nitrogen and oxygen atoms in total. The molecule has 1 aliphatic heterocycles. The summed E-state index contributed by atoms with van der Waals surface area (Å²) in [5, 5.41) is 4.11. The van der Waals surface area contributed by atoms with E-state index in [0.29, 0.717) is 12.1 Å². The van der Waals surface area contributed by atoms with Crippen molar-refractivity contribution in [3.8, 4) is 0 Å². The van der Waals surface area contributed by atoms with Gasteiger partial charge in [0, 0.05) is 26.2 Å². The molecule has 88 valence electrons. The molecule has 15 heavy (non-hydrogen) atoms. The van der Waals surface area contributed by atoms with Crippen molar-refractivity contribution >= 4 is 17.3 Å². The van der Waals surface area contributed by atoms with Crippen molar-refractivity contribution < 1.29 is 4.74 Å². The minimum atomic E-state index is 0.355.